The summed E-state index contributed by atoms with van der Waals surface area (Å²) in [6.07, 6.45) is 19.9. The summed E-state index contributed by atoms with van der Waals surface area (Å²) in [6, 6.07) is 78.7. The van der Waals surface area contributed by atoms with Crippen LogP contribution in [0.25, 0.3) is 0 Å². The fourth-order valence-electron chi connectivity index (χ4n) is 23.7. The molecular formula is C108H116N4O12. The summed E-state index contributed by atoms with van der Waals surface area (Å²) >= 11 is 0. The molecule has 0 aromatic heterocycles. The number of esters is 4. The van der Waals surface area contributed by atoms with Crippen molar-refractivity contribution in [3.8, 4) is 0 Å². The topological polar surface area (TPSA) is 186 Å². The first kappa shape index (κ1) is 84.7. The Labute approximate surface area is 730 Å². The van der Waals surface area contributed by atoms with Crippen LogP contribution in [0.4, 0.5) is 45.5 Å². The van der Waals surface area contributed by atoms with Gasteiger partial charge in [0.25, 0.3) is 0 Å². The minimum atomic E-state index is -0.311. The van der Waals surface area contributed by atoms with Crippen LogP contribution in [0.15, 0.2) is 289 Å². The Balaban J connectivity index is 0.000000117. The highest BCUT2D eigenvalue weighted by Gasteiger charge is 2.60. The highest BCUT2D eigenvalue weighted by Crippen LogP contribution is 2.58. The number of cyclic esters (lactones) is 4. The lowest BCUT2D eigenvalue weighted by Gasteiger charge is -2.44. The van der Waals surface area contributed by atoms with Crippen LogP contribution in [0.3, 0.4) is 0 Å². The average molecular weight is 1660 g/mol. The molecule has 8 aliphatic carbocycles. The lowest BCUT2D eigenvalue weighted by Crippen LogP contribution is -2.47. The number of carbonyl (C=O) groups is 8. The van der Waals surface area contributed by atoms with Crippen LogP contribution in [0.5, 0.6) is 0 Å². The van der Waals surface area contributed by atoms with Gasteiger partial charge in [0.05, 0.1) is 47.3 Å². The monoisotopic (exact) mass is 1660 g/mol. The molecule has 16 heteroatoms. The number of hydrogen-bond donors (Lipinski definition) is 0. The number of fused-ring (bicyclic) bond motifs is 8. The molecule has 4 aliphatic heterocycles. The first-order chi connectivity index (χ1) is 60.2. The maximum absolute atomic E-state index is 14.4. The number of ether oxygens (including phenoxy) is 4. The number of benzene rings is 8. The van der Waals surface area contributed by atoms with Gasteiger partial charge in [0.1, 0.15) is 24.4 Å². The van der Waals surface area contributed by atoms with Crippen LogP contribution in [-0.4, -0.2) is 71.9 Å². The highest BCUT2D eigenvalue weighted by molar-refractivity contribution is 6.06. The van der Waals surface area contributed by atoms with Gasteiger partial charge in [-0.1, -0.05) is 220 Å². The molecule has 640 valence electrons. The molecule has 4 amide bonds. The number of carbonyl (C=O) groups excluding carboxylic acids is 8. The van der Waals surface area contributed by atoms with Crippen LogP contribution >= 0.6 is 0 Å². The molecule has 24 atom stereocenters. The third-order valence-corrected chi connectivity index (χ3v) is 29.4. The van der Waals surface area contributed by atoms with Crippen molar-refractivity contribution in [3.63, 3.8) is 0 Å². The third-order valence-electron chi connectivity index (χ3n) is 29.4. The molecule has 12 aliphatic rings. The highest BCUT2D eigenvalue weighted by atomic mass is 16.6. The Morgan fingerprint density at radius 3 is 0.540 bits per heavy atom. The standard InChI is InChI=1S/4C27H29NO3/c4*1-17-13-14-22-19(15-17)16-23-24(18(2)31-27(23)30)25(22)26(29)28(20-9-5-3-6-10-20)21-11-7-4-8-12-21/h4*3-12,16-18,22-25H,13-15H2,1-2H3/t17-,18+,22+,23+,24+,25-;17-,18+,22+,23-,24+,25-;17-,18-,22-,23+,24-,25+;17-,18-,22-,23-,24-,25+/m0011/s1. The third kappa shape index (κ3) is 16.8. The fraction of sp³-hybridized carbons (Fsp3) is 0.407. The van der Waals surface area contributed by atoms with E-state index in [1.807, 2.05) is 290 Å². The van der Waals surface area contributed by atoms with Crippen LogP contribution in [-0.2, 0) is 57.3 Å². The van der Waals surface area contributed by atoms with Crippen LogP contribution in [0.2, 0.25) is 0 Å². The SMILES string of the molecule is C[C@@H]1CC[C@@H]2C(=C[C@@H]3C(=O)O[C@H](C)[C@H]3[C@H]2C(=O)N(c2ccccc2)c2ccccc2)C1.C[C@@H]1CC[C@@H]2C(=C[C@H]3C(=O)O[C@H](C)[C@H]3[C@H]2C(=O)N(c2ccccc2)c2ccccc2)C1.C[C@H]1CC[C@@H]2C(=C[C@@H]3C(=O)O[C@H](C)[C@H]3[C@H]2C(=O)N(c2ccccc2)c2ccccc2)C1.C[C@H]1CC[C@@H]2C(=C[C@H]3C(=O)O[C@H](C)[C@H]3[C@H]2C(=O)N(c2ccccc2)c2ccccc2)C1. The lowest BCUT2D eigenvalue weighted by molar-refractivity contribution is -0.143. The van der Waals surface area contributed by atoms with Gasteiger partial charge < -0.3 is 18.9 Å². The van der Waals surface area contributed by atoms with Crippen molar-refractivity contribution in [1.29, 1.82) is 0 Å². The minimum absolute atomic E-state index is 0.0719. The van der Waals surface area contributed by atoms with Crippen LogP contribution in [0.1, 0.15) is 132 Å². The van der Waals surface area contributed by atoms with E-state index in [-0.39, 0.29) is 167 Å². The Morgan fingerprint density at radius 2 is 0.387 bits per heavy atom. The molecular weight excluding hydrogens is 1550 g/mol. The van der Waals surface area contributed by atoms with Gasteiger partial charge in [0.2, 0.25) is 23.6 Å². The average Bonchev–Trinajstić information content (AvgIpc) is 1.51. The van der Waals surface area contributed by atoms with Crippen LogP contribution < -0.4 is 19.6 Å². The van der Waals surface area contributed by atoms with Gasteiger partial charge in [0, 0.05) is 69.2 Å². The van der Waals surface area contributed by atoms with Crippen molar-refractivity contribution >= 4 is 93.0 Å². The van der Waals surface area contributed by atoms with Gasteiger partial charge in [-0.3, -0.25) is 58.0 Å². The molecule has 20 rings (SSSR count). The maximum Gasteiger partial charge on any atom is 0.313 e. The number of hydrogen-bond acceptors (Lipinski definition) is 12. The van der Waals surface area contributed by atoms with E-state index < -0.39 is 0 Å². The molecule has 0 N–H and O–H groups in total. The molecule has 0 spiro atoms. The molecule has 4 heterocycles. The summed E-state index contributed by atoms with van der Waals surface area (Å²) in [5.41, 5.74) is 12.0. The summed E-state index contributed by atoms with van der Waals surface area (Å²) in [5.74, 6) is -0.114. The quantitative estimate of drug-likeness (QED) is 0.0641. The number of nitrogens with zero attached hydrogens (tertiary/aromatic N) is 4. The lowest BCUT2D eigenvalue weighted by atomic mass is 9.61. The second-order valence-electron chi connectivity index (χ2n) is 37.4. The summed E-state index contributed by atoms with van der Waals surface area (Å²) in [4.78, 5) is 115. The number of anilines is 8. The van der Waals surface area contributed by atoms with Gasteiger partial charge in [-0.15, -0.1) is 0 Å². The second kappa shape index (κ2) is 36.7. The van der Waals surface area contributed by atoms with Gasteiger partial charge in [-0.25, -0.2) is 0 Å². The maximum atomic E-state index is 14.4. The van der Waals surface area contributed by atoms with Gasteiger partial charge in [-0.05, 0) is 249 Å². The molecule has 4 saturated heterocycles. The van der Waals surface area contributed by atoms with Gasteiger partial charge in [-0.2, -0.15) is 0 Å². The first-order valence-electron chi connectivity index (χ1n) is 45.6. The van der Waals surface area contributed by atoms with E-state index in [2.05, 4.69) is 52.0 Å². The van der Waals surface area contributed by atoms with E-state index >= 15 is 0 Å². The molecule has 0 bridgehead atoms. The summed E-state index contributed by atoms with van der Waals surface area (Å²) < 4.78 is 22.6. The van der Waals surface area contributed by atoms with Crippen molar-refractivity contribution in [2.24, 2.45) is 118 Å². The Kier molecular flexibility index (Phi) is 25.1. The second-order valence-corrected chi connectivity index (χ2v) is 37.4. The molecule has 8 aromatic carbocycles. The summed E-state index contributed by atoms with van der Waals surface area (Å²) in [6.45, 7) is 16.8. The largest absolute Gasteiger partial charge is 0.462 e. The van der Waals surface area contributed by atoms with E-state index in [9.17, 15) is 38.4 Å². The van der Waals surface area contributed by atoms with Crippen molar-refractivity contribution in [2.75, 3.05) is 19.6 Å². The number of rotatable bonds is 12. The number of allylic oxidation sites excluding steroid dienone is 4. The molecule has 0 unspecified atom stereocenters. The zero-order chi connectivity index (χ0) is 86.1. The van der Waals surface area contributed by atoms with Crippen molar-refractivity contribution in [2.45, 2.75) is 157 Å². The fourth-order valence-corrected chi connectivity index (χ4v) is 23.7. The van der Waals surface area contributed by atoms with Gasteiger partial charge >= 0.3 is 23.9 Å². The molecule has 124 heavy (non-hydrogen) atoms. The zero-order valence-corrected chi connectivity index (χ0v) is 72.4. The normalized spacial score (nSPS) is 31.8. The van der Waals surface area contributed by atoms with Crippen molar-refractivity contribution in [3.05, 3.63) is 289 Å². The molecule has 8 fully saturated rings. The first-order valence-corrected chi connectivity index (χ1v) is 45.6. The molecule has 0 radical (unpaired) electrons. The van der Waals surface area contributed by atoms with Crippen molar-refractivity contribution in [1.82, 2.24) is 0 Å². The summed E-state index contributed by atoms with van der Waals surface area (Å²) in [5, 5.41) is 0. The van der Waals surface area contributed by atoms with E-state index in [1.54, 1.807) is 0 Å². The minimum Gasteiger partial charge on any atom is -0.462 e. The van der Waals surface area contributed by atoms with E-state index in [1.165, 1.54) is 22.3 Å². The zero-order valence-electron chi connectivity index (χ0n) is 72.4. The van der Waals surface area contributed by atoms with E-state index in [0.717, 1.165) is 123 Å². The van der Waals surface area contributed by atoms with Crippen LogP contribution in [0, 0.1) is 118 Å². The Bertz CT molecular complexity index is 4500. The molecule has 4 saturated carbocycles. The van der Waals surface area contributed by atoms with E-state index in [4.69, 9.17) is 18.9 Å². The van der Waals surface area contributed by atoms with E-state index in [0.29, 0.717) is 23.7 Å². The number of para-hydroxylation sites is 8. The predicted octanol–water partition coefficient (Wildman–Crippen LogP) is 22.1. The smallest absolute Gasteiger partial charge is 0.313 e. The number of amides is 4. The predicted molar refractivity (Wildman–Crippen MR) is 483 cm³/mol. The molecule has 8 aromatic rings. The van der Waals surface area contributed by atoms with Crippen molar-refractivity contribution < 1.29 is 57.3 Å². The Hall–Kier alpha value is -11.5. The summed E-state index contributed by atoms with van der Waals surface area (Å²) in [7, 11) is 0. The van der Waals surface area contributed by atoms with Gasteiger partial charge in [0.15, 0.2) is 0 Å². The Morgan fingerprint density at radius 1 is 0.234 bits per heavy atom. The molecule has 16 nitrogen and oxygen atoms in total.